The van der Waals surface area contributed by atoms with Crippen molar-refractivity contribution in [3.05, 3.63) is 70.2 Å². The molecule has 0 bridgehead atoms. The number of ether oxygens (including phenoxy) is 1. The molecular formula is C20H17Cl2NO3. The van der Waals surface area contributed by atoms with Gasteiger partial charge >= 0.3 is 5.97 Å². The quantitative estimate of drug-likeness (QED) is 0.506. The van der Waals surface area contributed by atoms with Gasteiger partial charge in [0.15, 0.2) is 0 Å². The molecule has 0 aliphatic carbocycles. The molecule has 134 valence electrons. The maximum atomic E-state index is 11.3. The summed E-state index contributed by atoms with van der Waals surface area (Å²) in [7, 11) is 0. The van der Waals surface area contributed by atoms with Crippen molar-refractivity contribution in [2.45, 2.75) is 6.42 Å². The van der Waals surface area contributed by atoms with Crippen LogP contribution in [-0.4, -0.2) is 24.2 Å². The van der Waals surface area contributed by atoms with Crippen molar-refractivity contribution in [1.29, 1.82) is 0 Å². The number of hydrogen-bond acceptors (Lipinski definition) is 3. The van der Waals surface area contributed by atoms with Gasteiger partial charge in [0.25, 0.3) is 0 Å². The highest BCUT2D eigenvalue weighted by atomic mass is 35.5. The summed E-state index contributed by atoms with van der Waals surface area (Å²) < 4.78 is 5.87. The third-order valence-corrected chi connectivity index (χ3v) is 4.43. The molecular weight excluding hydrogens is 373 g/mol. The molecule has 0 saturated heterocycles. The smallest absolute Gasteiger partial charge is 0.337 e. The zero-order valence-corrected chi connectivity index (χ0v) is 15.3. The Balaban J connectivity index is 1.59. The lowest BCUT2D eigenvalue weighted by molar-refractivity contribution is 0.0698. The number of benzene rings is 3. The standard InChI is InChI=1S/C20H17Cl2NO3/c21-14-11-16(20(24)25)19(17(22)12-14)23-9-4-10-26-18-8-3-6-13-5-1-2-7-15(13)18/h1-3,5-8,11-12,23H,4,9-10H2,(H,24,25). The highest BCUT2D eigenvalue weighted by Crippen LogP contribution is 2.30. The minimum Gasteiger partial charge on any atom is -0.493 e. The minimum absolute atomic E-state index is 0.0532. The van der Waals surface area contributed by atoms with E-state index >= 15 is 0 Å². The van der Waals surface area contributed by atoms with E-state index in [0.29, 0.717) is 25.3 Å². The minimum atomic E-state index is -1.08. The Hall–Kier alpha value is -2.43. The van der Waals surface area contributed by atoms with E-state index in [1.165, 1.54) is 12.1 Å². The van der Waals surface area contributed by atoms with Gasteiger partial charge in [0.2, 0.25) is 0 Å². The molecule has 0 aliphatic heterocycles. The van der Waals surface area contributed by atoms with Crippen LogP contribution in [0.2, 0.25) is 10.0 Å². The van der Waals surface area contributed by atoms with E-state index in [1.807, 2.05) is 42.5 Å². The molecule has 2 N–H and O–H groups in total. The zero-order chi connectivity index (χ0) is 18.5. The summed E-state index contributed by atoms with van der Waals surface area (Å²) in [6.07, 6.45) is 0.682. The van der Waals surface area contributed by atoms with Crippen LogP contribution in [-0.2, 0) is 0 Å². The molecule has 0 saturated carbocycles. The largest absolute Gasteiger partial charge is 0.493 e. The van der Waals surface area contributed by atoms with Crippen molar-refractivity contribution in [3.63, 3.8) is 0 Å². The Morgan fingerprint density at radius 3 is 2.65 bits per heavy atom. The van der Waals surface area contributed by atoms with Crippen LogP contribution in [0.15, 0.2) is 54.6 Å². The molecule has 26 heavy (non-hydrogen) atoms. The van der Waals surface area contributed by atoms with Gasteiger partial charge in [0.1, 0.15) is 5.75 Å². The number of carboxylic acids is 1. The van der Waals surface area contributed by atoms with E-state index in [4.69, 9.17) is 27.9 Å². The fraction of sp³-hybridized carbons (Fsp3) is 0.150. The number of carbonyl (C=O) groups is 1. The third kappa shape index (κ3) is 4.21. The van der Waals surface area contributed by atoms with Gasteiger partial charge in [-0.2, -0.15) is 0 Å². The fourth-order valence-electron chi connectivity index (χ4n) is 2.71. The van der Waals surface area contributed by atoms with Crippen LogP contribution in [0.1, 0.15) is 16.8 Å². The first-order valence-electron chi connectivity index (χ1n) is 8.13. The summed E-state index contributed by atoms with van der Waals surface area (Å²) >= 11 is 12.0. The predicted octanol–water partition coefficient (Wildman–Crippen LogP) is 5.73. The van der Waals surface area contributed by atoms with E-state index in [9.17, 15) is 9.90 Å². The maximum absolute atomic E-state index is 11.3. The number of nitrogens with one attached hydrogen (secondary N) is 1. The first-order chi connectivity index (χ1) is 12.6. The van der Waals surface area contributed by atoms with E-state index in [-0.39, 0.29) is 15.6 Å². The molecule has 4 nitrogen and oxygen atoms in total. The van der Waals surface area contributed by atoms with Crippen molar-refractivity contribution in [2.75, 3.05) is 18.5 Å². The molecule has 0 spiro atoms. The summed E-state index contributed by atoms with van der Waals surface area (Å²) in [4.78, 5) is 11.3. The molecule has 0 atom stereocenters. The molecule has 0 amide bonds. The van der Waals surface area contributed by atoms with E-state index < -0.39 is 5.97 Å². The Labute approximate surface area is 161 Å². The van der Waals surface area contributed by atoms with Crippen LogP contribution in [0, 0.1) is 0 Å². The molecule has 3 aromatic rings. The number of fused-ring (bicyclic) bond motifs is 1. The number of carboxylic acid groups (broad SMARTS) is 1. The number of hydrogen-bond donors (Lipinski definition) is 2. The fourth-order valence-corrected chi connectivity index (χ4v) is 3.27. The SMILES string of the molecule is O=C(O)c1cc(Cl)cc(Cl)c1NCCCOc1cccc2ccccc12. The van der Waals surface area contributed by atoms with Crippen molar-refractivity contribution in [3.8, 4) is 5.75 Å². The molecule has 3 rings (SSSR count). The van der Waals surface area contributed by atoms with Gasteiger partial charge in [0, 0.05) is 17.0 Å². The number of anilines is 1. The summed E-state index contributed by atoms with van der Waals surface area (Å²) in [5, 5.41) is 15.1. The molecule has 0 radical (unpaired) electrons. The molecule has 3 aromatic carbocycles. The predicted molar refractivity (Wildman–Crippen MR) is 106 cm³/mol. The molecule has 0 unspecified atom stereocenters. The third-order valence-electron chi connectivity index (χ3n) is 3.92. The van der Waals surface area contributed by atoms with E-state index in [2.05, 4.69) is 5.32 Å². The molecule has 6 heteroatoms. The average Bonchev–Trinajstić information content (AvgIpc) is 2.62. The van der Waals surface area contributed by atoms with Gasteiger partial charge in [-0.25, -0.2) is 4.79 Å². The second kappa shape index (κ2) is 8.30. The molecule has 0 aromatic heterocycles. The van der Waals surface area contributed by atoms with Gasteiger partial charge < -0.3 is 15.2 Å². The molecule has 0 aliphatic rings. The van der Waals surface area contributed by atoms with E-state index in [0.717, 1.165) is 16.5 Å². The lowest BCUT2D eigenvalue weighted by atomic mass is 10.1. The Morgan fingerprint density at radius 1 is 1.08 bits per heavy atom. The summed E-state index contributed by atoms with van der Waals surface area (Å²) in [5.74, 6) is -0.247. The van der Waals surface area contributed by atoms with Gasteiger partial charge in [-0.15, -0.1) is 0 Å². The summed E-state index contributed by atoms with van der Waals surface area (Å²) in [5.41, 5.74) is 0.422. The van der Waals surface area contributed by atoms with Crippen LogP contribution in [0.5, 0.6) is 5.75 Å². The van der Waals surface area contributed by atoms with Crippen LogP contribution >= 0.6 is 23.2 Å². The van der Waals surface area contributed by atoms with Gasteiger partial charge in [-0.05, 0) is 30.0 Å². The highest BCUT2D eigenvalue weighted by molar-refractivity contribution is 6.37. The Morgan fingerprint density at radius 2 is 1.85 bits per heavy atom. The van der Waals surface area contributed by atoms with Gasteiger partial charge in [-0.3, -0.25) is 0 Å². The molecule has 0 fully saturated rings. The van der Waals surface area contributed by atoms with Crippen LogP contribution in [0.3, 0.4) is 0 Å². The van der Waals surface area contributed by atoms with Crippen LogP contribution in [0.25, 0.3) is 10.8 Å². The number of aromatic carboxylic acids is 1. The normalized spacial score (nSPS) is 10.7. The topological polar surface area (TPSA) is 58.6 Å². The lowest BCUT2D eigenvalue weighted by Crippen LogP contribution is -2.11. The van der Waals surface area contributed by atoms with Crippen molar-refractivity contribution in [1.82, 2.24) is 0 Å². The van der Waals surface area contributed by atoms with Crippen LogP contribution in [0.4, 0.5) is 5.69 Å². The average molecular weight is 390 g/mol. The Kier molecular flexibility index (Phi) is 5.86. The summed E-state index contributed by atoms with van der Waals surface area (Å²) in [6.45, 7) is 1.01. The van der Waals surface area contributed by atoms with Crippen molar-refractivity contribution in [2.24, 2.45) is 0 Å². The first-order valence-corrected chi connectivity index (χ1v) is 8.88. The van der Waals surface area contributed by atoms with E-state index in [1.54, 1.807) is 0 Å². The van der Waals surface area contributed by atoms with Crippen molar-refractivity contribution < 1.29 is 14.6 Å². The Bertz CT molecular complexity index is 938. The number of rotatable bonds is 7. The van der Waals surface area contributed by atoms with Gasteiger partial charge in [0.05, 0.1) is 22.9 Å². The zero-order valence-electron chi connectivity index (χ0n) is 13.8. The second-order valence-electron chi connectivity index (χ2n) is 5.72. The lowest BCUT2D eigenvalue weighted by Gasteiger charge is -2.13. The van der Waals surface area contributed by atoms with Crippen molar-refractivity contribution >= 4 is 45.6 Å². The van der Waals surface area contributed by atoms with Crippen LogP contribution < -0.4 is 10.1 Å². The maximum Gasteiger partial charge on any atom is 0.337 e. The first kappa shape index (κ1) is 18.4. The highest BCUT2D eigenvalue weighted by Gasteiger charge is 2.14. The monoisotopic (exact) mass is 389 g/mol. The molecule has 0 heterocycles. The second-order valence-corrected chi connectivity index (χ2v) is 6.57. The van der Waals surface area contributed by atoms with Gasteiger partial charge in [-0.1, -0.05) is 59.6 Å². The summed E-state index contributed by atoms with van der Waals surface area (Å²) in [6, 6.07) is 16.9. The number of halogens is 2.